The number of benzene rings is 1. The molecular weight excluding hydrogens is 230 g/mol. The van der Waals surface area contributed by atoms with Crippen LogP contribution in [0.4, 0.5) is 0 Å². The molecule has 90 valence electrons. The summed E-state index contributed by atoms with van der Waals surface area (Å²) in [7, 11) is 0. The minimum atomic E-state index is 0.979. The molecule has 0 saturated carbocycles. The number of unbranched alkanes of at least 4 members (excludes halogenated alkanes) is 1. The second-order valence-electron chi connectivity index (χ2n) is 3.97. The van der Waals surface area contributed by atoms with Crippen molar-refractivity contribution >= 4 is 11.8 Å². The number of aromatic nitrogens is 3. The molecule has 1 aromatic heterocycles. The van der Waals surface area contributed by atoms with E-state index >= 15 is 0 Å². The van der Waals surface area contributed by atoms with Crippen LogP contribution in [0.5, 0.6) is 0 Å². The van der Waals surface area contributed by atoms with Crippen molar-refractivity contribution in [3.63, 3.8) is 0 Å². The van der Waals surface area contributed by atoms with Crippen LogP contribution in [0, 0.1) is 6.92 Å². The van der Waals surface area contributed by atoms with Crippen molar-refractivity contribution in [3.8, 4) is 5.69 Å². The Hall–Kier alpha value is -1.29. The van der Waals surface area contributed by atoms with Crippen molar-refractivity contribution in [1.29, 1.82) is 0 Å². The minimum Gasteiger partial charge on any atom is -0.276 e. The average Bonchev–Trinajstić information content (AvgIpc) is 2.78. The Bertz CT molecular complexity index is 479. The van der Waals surface area contributed by atoms with Crippen LogP contribution in [-0.2, 0) is 0 Å². The Labute approximate surface area is 106 Å². The molecule has 0 saturated heterocycles. The largest absolute Gasteiger partial charge is 0.276 e. The Morgan fingerprint density at radius 3 is 2.88 bits per heavy atom. The summed E-state index contributed by atoms with van der Waals surface area (Å²) in [5.74, 6) is 1.10. The summed E-state index contributed by atoms with van der Waals surface area (Å²) in [6.45, 7) is 4.31. The van der Waals surface area contributed by atoms with E-state index < -0.39 is 0 Å². The molecule has 0 aliphatic carbocycles. The summed E-state index contributed by atoms with van der Waals surface area (Å²) in [5, 5.41) is 9.17. The van der Waals surface area contributed by atoms with E-state index in [0.717, 1.165) is 16.6 Å². The van der Waals surface area contributed by atoms with Crippen molar-refractivity contribution in [1.82, 2.24) is 14.8 Å². The van der Waals surface area contributed by atoms with Crippen LogP contribution in [-0.4, -0.2) is 20.5 Å². The molecule has 2 rings (SSSR count). The molecule has 0 fully saturated rings. The fourth-order valence-electron chi connectivity index (χ4n) is 1.63. The van der Waals surface area contributed by atoms with Gasteiger partial charge in [-0.25, -0.2) is 0 Å². The van der Waals surface area contributed by atoms with Crippen molar-refractivity contribution in [2.24, 2.45) is 0 Å². The van der Waals surface area contributed by atoms with Gasteiger partial charge in [0.1, 0.15) is 6.33 Å². The Kier molecular flexibility index (Phi) is 4.20. The Morgan fingerprint density at radius 2 is 2.12 bits per heavy atom. The highest BCUT2D eigenvalue weighted by Gasteiger charge is 2.08. The van der Waals surface area contributed by atoms with Gasteiger partial charge in [0, 0.05) is 5.75 Å². The van der Waals surface area contributed by atoms with Gasteiger partial charge in [0.05, 0.1) is 5.69 Å². The number of rotatable bonds is 5. The fourth-order valence-corrected chi connectivity index (χ4v) is 2.63. The Balaban J connectivity index is 2.22. The first kappa shape index (κ1) is 12.2. The van der Waals surface area contributed by atoms with Crippen LogP contribution in [0.25, 0.3) is 5.69 Å². The van der Waals surface area contributed by atoms with Gasteiger partial charge in [0.25, 0.3) is 0 Å². The molecule has 0 N–H and O–H groups in total. The number of hydrogen-bond donors (Lipinski definition) is 0. The molecule has 0 aliphatic heterocycles. The maximum absolute atomic E-state index is 4.18. The molecule has 4 heteroatoms. The molecule has 17 heavy (non-hydrogen) atoms. The maximum atomic E-state index is 4.18. The van der Waals surface area contributed by atoms with Gasteiger partial charge in [-0.1, -0.05) is 43.3 Å². The summed E-state index contributed by atoms with van der Waals surface area (Å²) in [5.41, 5.74) is 2.40. The van der Waals surface area contributed by atoms with E-state index in [9.17, 15) is 0 Å². The molecule has 2 aromatic rings. The third-order valence-electron chi connectivity index (χ3n) is 2.62. The van der Waals surface area contributed by atoms with E-state index in [1.807, 2.05) is 12.1 Å². The van der Waals surface area contributed by atoms with Crippen molar-refractivity contribution in [2.75, 3.05) is 5.75 Å². The van der Waals surface area contributed by atoms with Crippen LogP contribution in [0.1, 0.15) is 25.3 Å². The maximum Gasteiger partial charge on any atom is 0.195 e. The van der Waals surface area contributed by atoms with E-state index in [0.29, 0.717) is 0 Å². The lowest BCUT2D eigenvalue weighted by molar-refractivity contribution is 0.861. The minimum absolute atomic E-state index is 0.979. The van der Waals surface area contributed by atoms with Gasteiger partial charge in [-0.05, 0) is 25.0 Å². The number of thioether (sulfide) groups is 1. The quantitative estimate of drug-likeness (QED) is 0.599. The van der Waals surface area contributed by atoms with E-state index in [2.05, 4.69) is 40.7 Å². The lowest BCUT2D eigenvalue weighted by atomic mass is 10.2. The second-order valence-corrected chi connectivity index (χ2v) is 5.03. The van der Waals surface area contributed by atoms with Gasteiger partial charge < -0.3 is 0 Å². The molecule has 1 heterocycles. The third kappa shape index (κ3) is 2.88. The predicted molar refractivity (Wildman–Crippen MR) is 71.7 cm³/mol. The molecule has 1 aromatic carbocycles. The summed E-state index contributed by atoms with van der Waals surface area (Å²) in [6, 6.07) is 8.30. The van der Waals surface area contributed by atoms with Crippen LogP contribution in [0.2, 0.25) is 0 Å². The van der Waals surface area contributed by atoms with Crippen molar-refractivity contribution in [3.05, 3.63) is 36.2 Å². The monoisotopic (exact) mass is 247 g/mol. The molecule has 0 amide bonds. The molecule has 0 radical (unpaired) electrons. The zero-order chi connectivity index (χ0) is 12.1. The molecule has 0 unspecified atom stereocenters. The molecule has 0 bridgehead atoms. The number of hydrogen-bond acceptors (Lipinski definition) is 3. The van der Waals surface area contributed by atoms with E-state index in [1.165, 1.54) is 18.4 Å². The Morgan fingerprint density at radius 1 is 1.29 bits per heavy atom. The van der Waals surface area contributed by atoms with Crippen LogP contribution in [0.3, 0.4) is 0 Å². The predicted octanol–water partition coefficient (Wildman–Crippen LogP) is 3.47. The summed E-state index contributed by atoms with van der Waals surface area (Å²) in [6.07, 6.45) is 4.22. The van der Waals surface area contributed by atoms with E-state index in [1.54, 1.807) is 18.1 Å². The first-order chi connectivity index (χ1) is 8.33. The standard InChI is InChI=1S/C13H17N3S/c1-3-4-9-17-13-15-14-10-16(13)12-8-6-5-7-11(12)2/h5-8,10H,3-4,9H2,1-2H3. The van der Waals surface area contributed by atoms with Crippen LogP contribution >= 0.6 is 11.8 Å². The smallest absolute Gasteiger partial charge is 0.195 e. The lowest BCUT2D eigenvalue weighted by Gasteiger charge is -2.08. The van der Waals surface area contributed by atoms with Gasteiger partial charge in [-0.3, -0.25) is 4.57 Å². The first-order valence-electron chi connectivity index (χ1n) is 5.91. The topological polar surface area (TPSA) is 30.7 Å². The average molecular weight is 247 g/mol. The van der Waals surface area contributed by atoms with Crippen LogP contribution < -0.4 is 0 Å². The molecule has 0 atom stereocenters. The molecule has 0 aliphatic rings. The highest BCUT2D eigenvalue weighted by Crippen LogP contribution is 2.22. The lowest BCUT2D eigenvalue weighted by Crippen LogP contribution is -1.97. The van der Waals surface area contributed by atoms with Gasteiger partial charge >= 0.3 is 0 Å². The van der Waals surface area contributed by atoms with E-state index in [4.69, 9.17) is 0 Å². The van der Waals surface area contributed by atoms with Gasteiger partial charge in [0.2, 0.25) is 0 Å². The molecular formula is C13H17N3S. The first-order valence-corrected chi connectivity index (χ1v) is 6.90. The van der Waals surface area contributed by atoms with Crippen molar-refractivity contribution < 1.29 is 0 Å². The van der Waals surface area contributed by atoms with Crippen LogP contribution in [0.15, 0.2) is 35.7 Å². The highest BCUT2D eigenvalue weighted by molar-refractivity contribution is 7.99. The zero-order valence-electron chi connectivity index (χ0n) is 10.3. The highest BCUT2D eigenvalue weighted by atomic mass is 32.2. The zero-order valence-corrected chi connectivity index (χ0v) is 11.1. The van der Waals surface area contributed by atoms with Gasteiger partial charge in [0.15, 0.2) is 5.16 Å². The summed E-state index contributed by atoms with van der Waals surface area (Å²) in [4.78, 5) is 0. The number of aryl methyl sites for hydroxylation is 1. The molecule has 3 nitrogen and oxygen atoms in total. The van der Waals surface area contributed by atoms with Gasteiger partial charge in [-0.2, -0.15) is 0 Å². The third-order valence-corrected chi connectivity index (χ3v) is 3.65. The number of para-hydroxylation sites is 1. The van der Waals surface area contributed by atoms with Gasteiger partial charge in [-0.15, -0.1) is 10.2 Å². The molecule has 0 spiro atoms. The number of nitrogens with zero attached hydrogens (tertiary/aromatic N) is 3. The SMILES string of the molecule is CCCCSc1nncn1-c1ccccc1C. The summed E-state index contributed by atoms with van der Waals surface area (Å²) >= 11 is 1.77. The summed E-state index contributed by atoms with van der Waals surface area (Å²) < 4.78 is 2.07. The van der Waals surface area contributed by atoms with E-state index in [-0.39, 0.29) is 0 Å². The second kappa shape index (κ2) is 5.87. The fraction of sp³-hybridized carbons (Fsp3) is 0.385. The normalized spacial score (nSPS) is 10.7. The van der Waals surface area contributed by atoms with Crippen molar-refractivity contribution in [2.45, 2.75) is 31.8 Å².